The van der Waals surface area contributed by atoms with Crippen molar-refractivity contribution in [2.45, 2.75) is 70.9 Å². The second-order valence-corrected chi connectivity index (χ2v) is 8.97. The SMILES string of the molecule is CC1CCC(Cn2c(=NC(=O)c3cccc(C(F)(F)F)c3F)cc(C(C)(C)C)n2C)O1. The van der Waals surface area contributed by atoms with Crippen LogP contribution >= 0.6 is 0 Å². The number of nitrogens with zero attached hydrogens (tertiary/aromatic N) is 3. The van der Waals surface area contributed by atoms with Gasteiger partial charge in [0.1, 0.15) is 5.82 Å². The van der Waals surface area contributed by atoms with Crippen LogP contribution in [0.4, 0.5) is 17.6 Å². The Morgan fingerprint density at radius 2 is 1.90 bits per heavy atom. The van der Waals surface area contributed by atoms with E-state index in [0.717, 1.165) is 30.7 Å². The fourth-order valence-electron chi connectivity index (χ4n) is 3.87. The van der Waals surface area contributed by atoms with Gasteiger partial charge in [-0.15, -0.1) is 0 Å². The highest BCUT2D eigenvalue weighted by atomic mass is 19.4. The van der Waals surface area contributed by atoms with Gasteiger partial charge < -0.3 is 4.74 Å². The largest absolute Gasteiger partial charge is 0.419 e. The lowest BCUT2D eigenvalue weighted by atomic mass is 9.92. The Balaban J connectivity index is 2.08. The van der Waals surface area contributed by atoms with Crippen molar-refractivity contribution < 1.29 is 27.1 Å². The second-order valence-electron chi connectivity index (χ2n) is 8.97. The first kappa shape index (κ1) is 23.2. The number of hydrogen-bond acceptors (Lipinski definition) is 2. The van der Waals surface area contributed by atoms with Crippen LogP contribution in [0.3, 0.4) is 0 Å². The van der Waals surface area contributed by atoms with Crippen molar-refractivity contribution in [3.8, 4) is 0 Å². The van der Waals surface area contributed by atoms with Crippen LogP contribution in [0.5, 0.6) is 0 Å². The second kappa shape index (κ2) is 8.26. The molecular weight excluding hydrogens is 414 g/mol. The zero-order chi connectivity index (χ0) is 23.1. The predicted octanol–water partition coefficient (Wildman–Crippen LogP) is 4.59. The summed E-state index contributed by atoms with van der Waals surface area (Å²) in [6, 6.07) is 4.32. The van der Waals surface area contributed by atoms with Crippen LogP contribution in [0.2, 0.25) is 0 Å². The number of alkyl halides is 3. The lowest BCUT2D eigenvalue weighted by Crippen LogP contribution is -2.30. The van der Waals surface area contributed by atoms with E-state index < -0.39 is 29.0 Å². The number of carbonyl (C=O) groups is 1. The fourth-order valence-corrected chi connectivity index (χ4v) is 3.87. The molecule has 2 heterocycles. The molecule has 3 rings (SSSR count). The molecule has 0 aliphatic carbocycles. The molecule has 170 valence electrons. The van der Waals surface area contributed by atoms with Gasteiger partial charge >= 0.3 is 6.18 Å². The maximum absolute atomic E-state index is 14.4. The normalized spacial score (nSPS) is 20.5. The smallest absolute Gasteiger partial charge is 0.373 e. The van der Waals surface area contributed by atoms with Crippen LogP contribution in [0.15, 0.2) is 29.3 Å². The van der Waals surface area contributed by atoms with Gasteiger partial charge in [-0.3, -0.25) is 14.2 Å². The summed E-state index contributed by atoms with van der Waals surface area (Å²) in [6.07, 6.45) is -3.07. The van der Waals surface area contributed by atoms with Gasteiger partial charge in [-0.25, -0.2) is 4.39 Å². The zero-order valence-electron chi connectivity index (χ0n) is 18.3. The Morgan fingerprint density at radius 1 is 1.23 bits per heavy atom. The summed E-state index contributed by atoms with van der Waals surface area (Å²) in [4.78, 5) is 16.7. The Labute approximate surface area is 178 Å². The van der Waals surface area contributed by atoms with Crippen molar-refractivity contribution in [2.75, 3.05) is 0 Å². The van der Waals surface area contributed by atoms with Gasteiger partial charge in [0.05, 0.1) is 29.9 Å². The monoisotopic (exact) mass is 441 g/mol. The van der Waals surface area contributed by atoms with Gasteiger partial charge in [-0.1, -0.05) is 26.8 Å². The summed E-state index contributed by atoms with van der Waals surface area (Å²) in [5.41, 5.74) is -1.36. The molecule has 2 atom stereocenters. The van der Waals surface area contributed by atoms with Crippen molar-refractivity contribution >= 4 is 5.91 Å². The topological polar surface area (TPSA) is 48.5 Å². The molecule has 1 aliphatic heterocycles. The summed E-state index contributed by atoms with van der Waals surface area (Å²) in [6.45, 7) is 8.41. The minimum atomic E-state index is -4.90. The molecule has 1 aliphatic rings. The van der Waals surface area contributed by atoms with Crippen molar-refractivity contribution in [3.05, 3.63) is 52.4 Å². The van der Waals surface area contributed by atoms with E-state index in [1.165, 1.54) is 0 Å². The van der Waals surface area contributed by atoms with Crippen LogP contribution in [0.1, 0.15) is 62.2 Å². The van der Waals surface area contributed by atoms with E-state index in [-0.39, 0.29) is 23.1 Å². The first-order valence-corrected chi connectivity index (χ1v) is 10.2. The molecule has 1 aromatic carbocycles. The number of halogens is 4. The van der Waals surface area contributed by atoms with Gasteiger partial charge in [-0.2, -0.15) is 18.2 Å². The third-order valence-electron chi connectivity index (χ3n) is 5.46. The van der Waals surface area contributed by atoms with E-state index >= 15 is 0 Å². The van der Waals surface area contributed by atoms with Crippen LogP contribution in [-0.2, 0) is 29.9 Å². The number of ether oxygens (including phenoxy) is 1. The summed E-state index contributed by atoms with van der Waals surface area (Å²) >= 11 is 0. The quantitative estimate of drug-likeness (QED) is 0.654. The summed E-state index contributed by atoms with van der Waals surface area (Å²) < 4.78 is 63.0. The van der Waals surface area contributed by atoms with Gasteiger partial charge in [-0.05, 0) is 31.9 Å². The van der Waals surface area contributed by atoms with E-state index in [1.807, 2.05) is 39.4 Å². The average molecular weight is 441 g/mol. The van der Waals surface area contributed by atoms with Crippen LogP contribution < -0.4 is 5.49 Å². The Kier molecular flexibility index (Phi) is 6.19. The minimum absolute atomic E-state index is 0.0734. The number of aromatic nitrogens is 2. The predicted molar refractivity (Wildman–Crippen MR) is 107 cm³/mol. The standard InChI is InChI=1S/C22H27F4N3O2/c1-13-9-10-14(31-13)12-29-18(11-17(28(29)5)21(2,3)4)27-20(30)15-7-6-8-16(19(15)23)22(24,25)26/h6-8,11,13-14H,9-10,12H2,1-5H3. The lowest BCUT2D eigenvalue weighted by Gasteiger charge is -2.22. The average Bonchev–Trinajstić information content (AvgIpc) is 3.18. The number of hydrogen-bond donors (Lipinski definition) is 0. The van der Waals surface area contributed by atoms with Crippen LogP contribution in [0.25, 0.3) is 0 Å². The van der Waals surface area contributed by atoms with E-state index in [4.69, 9.17) is 4.74 Å². The molecule has 1 amide bonds. The molecule has 5 nitrogen and oxygen atoms in total. The molecule has 2 aromatic rings. The van der Waals surface area contributed by atoms with Crippen LogP contribution in [0, 0.1) is 5.82 Å². The van der Waals surface area contributed by atoms with Crippen molar-refractivity contribution in [1.82, 2.24) is 9.36 Å². The molecule has 0 N–H and O–H groups in total. The van der Waals surface area contributed by atoms with E-state index in [1.54, 1.807) is 10.7 Å². The van der Waals surface area contributed by atoms with Gasteiger partial charge in [0.2, 0.25) is 0 Å². The number of amides is 1. The molecule has 0 radical (unpaired) electrons. The van der Waals surface area contributed by atoms with Crippen molar-refractivity contribution in [2.24, 2.45) is 12.0 Å². The van der Waals surface area contributed by atoms with Gasteiger partial charge in [0.25, 0.3) is 5.91 Å². The summed E-state index contributed by atoms with van der Waals surface area (Å²) in [5, 5.41) is 0. The fraction of sp³-hybridized carbons (Fsp3) is 0.545. The van der Waals surface area contributed by atoms with Gasteiger partial charge in [0, 0.05) is 24.2 Å². The third-order valence-corrected chi connectivity index (χ3v) is 5.46. The van der Waals surface area contributed by atoms with Gasteiger partial charge in [0.15, 0.2) is 5.49 Å². The molecule has 1 aromatic heterocycles. The molecule has 1 fully saturated rings. The highest BCUT2D eigenvalue weighted by Crippen LogP contribution is 2.32. The lowest BCUT2D eigenvalue weighted by molar-refractivity contribution is -0.140. The Hall–Kier alpha value is -2.42. The van der Waals surface area contributed by atoms with E-state index in [9.17, 15) is 22.4 Å². The molecule has 2 unspecified atom stereocenters. The molecule has 0 bridgehead atoms. The maximum Gasteiger partial charge on any atom is 0.419 e. The molecule has 1 saturated heterocycles. The molecule has 0 saturated carbocycles. The Morgan fingerprint density at radius 3 is 2.45 bits per heavy atom. The molecular formula is C22H27F4N3O2. The number of benzene rings is 1. The first-order chi connectivity index (χ1) is 14.3. The zero-order valence-corrected chi connectivity index (χ0v) is 18.3. The summed E-state index contributed by atoms with van der Waals surface area (Å²) in [7, 11) is 1.83. The first-order valence-electron chi connectivity index (χ1n) is 10.2. The van der Waals surface area contributed by atoms with E-state index in [0.29, 0.717) is 12.6 Å². The van der Waals surface area contributed by atoms with E-state index in [2.05, 4.69) is 4.99 Å². The number of carbonyl (C=O) groups excluding carboxylic acids is 1. The van der Waals surface area contributed by atoms with Crippen molar-refractivity contribution in [1.29, 1.82) is 0 Å². The highest BCUT2D eigenvalue weighted by Gasteiger charge is 2.35. The number of rotatable bonds is 3. The molecule has 0 spiro atoms. The minimum Gasteiger partial charge on any atom is -0.373 e. The summed E-state index contributed by atoms with van der Waals surface area (Å²) in [5.74, 6) is -2.68. The molecule has 31 heavy (non-hydrogen) atoms. The molecule has 9 heteroatoms. The highest BCUT2D eigenvalue weighted by molar-refractivity contribution is 5.95. The Bertz CT molecular complexity index is 1040. The third kappa shape index (κ3) is 4.92. The van der Waals surface area contributed by atoms with Crippen LogP contribution in [-0.4, -0.2) is 27.5 Å². The maximum atomic E-state index is 14.4. The van der Waals surface area contributed by atoms with Crippen molar-refractivity contribution in [3.63, 3.8) is 0 Å².